The molecule has 0 aliphatic carbocycles. The molecule has 0 spiro atoms. The van der Waals surface area contributed by atoms with E-state index in [1.165, 1.54) is 10.8 Å². The van der Waals surface area contributed by atoms with Gasteiger partial charge in [-0.15, -0.1) is 0 Å². The summed E-state index contributed by atoms with van der Waals surface area (Å²) in [6.07, 6.45) is -1.22. The maximum atomic E-state index is 11.0. The average Bonchev–Trinajstić information content (AvgIpc) is 2.06. The molecule has 0 aliphatic heterocycles. The number of benzene rings is 1. The third-order valence-corrected chi connectivity index (χ3v) is 2.43. The first kappa shape index (κ1) is 13.1. The first-order chi connectivity index (χ1) is 7.28. The predicted molar refractivity (Wildman–Crippen MR) is 60.1 cm³/mol. The summed E-state index contributed by atoms with van der Waals surface area (Å²) in [5.41, 5.74) is 0.878. The molecule has 1 aromatic rings. The summed E-state index contributed by atoms with van der Waals surface area (Å²) in [7, 11) is 0.627. The number of hydrogen-bond donors (Lipinski definition) is 1. The molecule has 0 atom stereocenters. The van der Waals surface area contributed by atoms with Crippen molar-refractivity contribution in [2.45, 2.75) is 6.92 Å². The summed E-state index contributed by atoms with van der Waals surface area (Å²) in [5, 5.41) is 0.196. The Bertz CT molecular complexity index is 515. The zero-order chi connectivity index (χ0) is 12.3. The van der Waals surface area contributed by atoms with Gasteiger partial charge in [-0.1, -0.05) is 17.7 Å². The van der Waals surface area contributed by atoms with E-state index in [-0.39, 0.29) is 10.8 Å². The molecule has 88 valence electrons. The molecule has 1 N–H and O–H groups in total. The topological polar surface area (TPSA) is 72.5 Å². The number of nitrogens with one attached hydrogen (secondary N) is 1. The fourth-order valence-corrected chi connectivity index (χ4v) is 1.61. The van der Waals surface area contributed by atoms with Crippen molar-refractivity contribution in [3.63, 3.8) is 0 Å². The minimum atomic E-state index is -4.16. The fourth-order valence-electron chi connectivity index (χ4n) is 0.909. The molecule has 0 saturated carbocycles. The van der Waals surface area contributed by atoms with Crippen molar-refractivity contribution in [1.82, 2.24) is 4.72 Å². The number of carbonyl (C=O) groups is 1. The quantitative estimate of drug-likeness (QED) is 0.845. The van der Waals surface area contributed by atoms with Gasteiger partial charge in [0.1, 0.15) is 0 Å². The third kappa shape index (κ3) is 4.26. The fraction of sp³-hybridized carbons (Fsp3) is 0.125. The molecule has 0 saturated heterocycles. The number of rotatable bonds is 2. The zero-order valence-electron chi connectivity index (χ0n) is 8.03. The van der Waals surface area contributed by atoms with Crippen LogP contribution in [0.1, 0.15) is 5.56 Å². The average molecular weight is 284 g/mol. The van der Waals surface area contributed by atoms with E-state index < -0.39 is 15.3 Å². The van der Waals surface area contributed by atoms with E-state index >= 15 is 0 Å². The summed E-state index contributed by atoms with van der Waals surface area (Å²) in [6, 6.07) is 4.67. The number of carbonyl (C=O) groups excluding carboxylic acids is 1. The molecule has 0 heterocycles. The monoisotopic (exact) mass is 283 g/mol. The maximum absolute atomic E-state index is 11.0. The van der Waals surface area contributed by atoms with Crippen molar-refractivity contribution >= 4 is 37.6 Å². The number of amides is 1. The lowest BCUT2D eigenvalue weighted by Gasteiger charge is -2.06. The number of ether oxygens (including phenoxy) is 1. The van der Waals surface area contributed by atoms with Crippen LogP contribution in [0.3, 0.4) is 0 Å². The Hall–Kier alpha value is -0.980. The molecule has 16 heavy (non-hydrogen) atoms. The molecule has 0 aromatic heterocycles. The second-order valence-electron chi connectivity index (χ2n) is 2.86. The molecule has 0 unspecified atom stereocenters. The van der Waals surface area contributed by atoms with Gasteiger partial charge in [0.25, 0.3) is 0 Å². The number of hydrogen-bond acceptors (Lipinski definition) is 4. The smallest absolute Gasteiger partial charge is 0.408 e. The van der Waals surface area contributed by atoms with Gasteiger partial charge in [0.05, 0.1) is 5.02 Å². The number of aryl methyl sites for hydroxylation is 1. The predicted octanol–water partition coefficient (Wildman–Crippen LogP) is 2.22. The van der Waals surface area contributed by atoms with Gasteiger partial charge in [-0.25, -0.2) is 9.52 Å². The van der Waals surface area contributed by atoms with E-state index in [0.29, 0.717) is 0 Å². The first-order valence-electron chi connectivity index (χ1n) is 3.98. The van der Waals surface area contributed by atoms with Crippen LogP contribution in [0, 0.1) is 6.92 Å². The Labute approximate surface area is 102 Å². The molecule has 0 fully saturated rings. The molecular formula is C8H7Cl2NO4S. The summed E-state index contributed by atoms with van der Waals surface area (Å²) in [6.45, 7) is 1.80. The van der Waals surface area contributed by atoms with E-state index in [1.807, 2.05) is 0 Å². The Balaban J connectivity index is 2.78. The summed E-state index contributed by atoms with van der Waals surface area (Å²) >= 11 is 5.76. The highest BCUT2D eigenvalue weighted by Crippen LogP contribution is 2.25. The standard InChI is InChI=1S/C8H7Cl2NO4S/c1-5-2-3-7(6(9)4-5)15-8(12)11-16(10,13)14/h2-4H,1H3,(H,11,12). The summed E-state index contributed by atoms with van der Waals surface area (Å²) in [4.78, 5) is 11.0. The lowest BCUT2D eigenvalue weighted by molar-refractivity contribution is 0.207. The van der Waals surface area contributed by atoms with Crippen LogP contribution in [-0.2, 0) is 9.24 Å². The Morgan fingerprint density at radius 3 is 2.56 bits per heavy atom. The maximum Gasteiger partial charge on any atom is 0.427 e. The van der Waals surface area contributed by atoms with Crippen LogP contribution in [0.15, 0.2) is 18.2 Å². The third-order valence-electron chi connectivity index (χ3n) is 1.50. The van der Waals surface area contributed by atoms with Crippen molar-refractivity contribution in [2.24, 2.45) is 0 Å². The summed E-state index contributed by atoms with van der Waals surface area (Å²) in [5.74, 6) is 0.0464. The molecule has 1 rings (SSSR count). The van der Waals surface area contributed by atoms with E-state index in [2.05, 4.69) is 4.74 Å². The van der Waals surface area contributed by atoms with Crippen molar-refractivity contribution in [2.75, 3.05) is 0 Å². The van der Waals surface area contributed by atoms with Gasteiger partial charge in [-0.2, -0.15) is 8.42 Å². The molecule has 0 bridgehead atoms. The van der Waals surface area contributed by atoms with Crippen LogP contribution >= 0.6 is 22.3 Å². The van der Waals surface area contributed by atoms with E-state index in [0.717, 1.165) is 5.56 Å². The van der Waals surface area contributed by atoms with Gasteiger partial charge in [-0.3, -0.25) is 0 Å². The van der Waals surface area contributed by atoms with Crippen molar-refractivity contribution in [1.29, 1.82) is 0 Å². The Morgan fingerprint density at radius 1 is 1.44 bits per heavy atom. The second kappa shape index (κ2) is 4.90. The normalized spacial score (nSPS) is 10.9. The Kier molecular flexibility index (Phi) is 4.01. The number of halogens is 2. The minimum Gasteiger partial charge on any atom is -0.408 e. The molecule has 8 heteroatoms. The molecule has 1 aromatic carbocycles. The lowest BCUT2D eigenvalue weighted by atomic mass is 10.2. The lowest BCUT2D eigenvalue weighted by Crippen LogP contribution is -2.29. The molecule has 5 nitrogen and oxygen atoms in total. The van der Waals surface area contributed by atoms with E-state index in [1.54, 1.807) is 19.1 Å². The van der Waals surface area contributed by atoms with Crippen molar-refractivity contribution in [3.05, 3.63) is 28.8 Å². The van der Waals surface area contributed by atoms with Gasteiger partial charge in [0.2, 0.25) is 0 Å². The molecule has 0 aliphatic rings. The molecular weight excluding hydrogens is 277 g/mol. The van der Waals surface area contributed by atoms with Crippen LogP contribution in [-0.4, -0.2) is 14.5 Å². The van der Waals surface area contributed by atoms with E-state index in [9.17, 15) is 13.2 Å². The van der Waals surface area contributed by atoms with Gasteiger partial charge in [0.15, 0.2) is 5.75 Å². The Morgan fingerprint density at radius 2 is 2.06 bits per heavy atom. The highest BCUT2D eigenvalue weighted by molar-refractivity contribution is 8.12. The highest BCUT2D eigenvalue weighted by Gasteiger charge is 2.14. The van der Waals surface area contributed by atoms with Crippen LogP contribution in [0.5, 0.6) is 5.75 Å². The first-order valence-corrected chi connectivity index (χ1v) is 6.67. The molecule has 0 radical (unpaired) electrons. The van der Waals surface area contributed by atoms with Crippen molar-refractivity contribution < 1.29 is 17.9 Å². The van der Waals surface area contributed by atoms with Gasteiger partial charge < -0.3 is 4.74 Å². The summed E-state index contributed by atoms with van der Waals surface area (Å²) < 4.78 is 27.0. The van der Waals surface area contributed by atoms with Crippen LogP contribution in [0.25, 0.3) is 0 Å². The zero-order valence-corrected chi connectivity index (χ0v) is 10.4. The van der Waals surface area contributed by atoms with Crippen molar-refractivity contribution in [3.8, 4) is 5.75 Å². The van der Waals surface area contributed by atoms with Gasteiger partial charge in [-0.05, 0) is 24.6 Å². The highest BCUT2D eigenvalue weighted by atomic mass is 35.7. The van der Waals surface area contributed by atoms with Gasteiger partial charge >= 0.3 is 15.3 Å². The van der Waals surface area contributed by atoms with Crippen LogP contribution < -0.4 is 9.46 Å². The van der Waals surface area contributed by atoms with Gasteiger partial charge in [0, 0.05) is 10.7 Å². The second-order valence-corrected chi connectivity index (χ2v) is 5.57. The van der Waals surface area contributed by atoms with Crippen LogP contribution in [0.4, 0.5) is 4.79 Å². The van der Waals surface area contributed by atoms with E-state index in [4.69, 9.17) is 22.3 Å². The molecule has 1 amide bonds. The SMILES string of the molecule is Cc1ccc(OC(=O)NS(=O)(=O)Cl)c(Cl)c1. The largest absolute Gasteiger partial charge is 0.427 e. The van der Waals surface area contributed by atoms with Crippen LogP contribution in [0.2, 0.25) is 5.02 Å². The minimum absolute atomic E-state index is 0.0464.